The average Bonchev–Trinajstić information content (AvgIpc) is 2.79. The molecule has 0 aliphatic rings. The number of amides is 1. The van der Waals surface area contributed by atoms with E-state index < -0.39 is 0 Å². The van der Waals surface area contributed by atoms with E-state index in [1.165, 1.54) is 0 Å². The smallest absolute Gasteiger partial charge is 0.255 e. The number of hydrogen-bond acceptors (Lipinski definition) is 3. The molecule has 0 spiro atoms. The molecule has 1 amide bonds. The van der Waals surface area contributed by atoms with Crippen LogP contribution in [0.25, 0.3) is 10.1 Å². The van der Waals surface area contributed by atoms with E-state index in [2.05, 4.69) is 0 Å². The molecule has 90 valence electrons. The normalized spacial score (nSPS) is 12.6. The molecule has 1 aromatic heterocycles. The first kappa shape index (κ1) is 12.1. The van der Waals surface area contributed by atoms with Crippen LogP contribution in [0.5, 0.6) is 0 Å². The van der Waals surface area contributed by atoms with Crippen molar-refractivity contribution in [3.8, 4) is 0 Å². The van der Waals surface area contributed by atoms with Gasteiger partial charge in [-0.3, -0.25) is 4.79 Å². The van der Waals surface area contributed by atoms with Crippen molar-refractivity contribution in [2.75, 3.05) is 13.7 Å². The Morgan fingerprint density at radius 3 is 2.88 bits per heavy atom. The number of aliphatic hydroxyl groups excluding tert-OH is 1. The third kappa shape index (κ3) is 2.18. The zero-order valence-electron chi connectivity index (χ0n) is 9.88. The third-order valence-corrected chi connectivity index (χ3v) is 3.92. The van der Waals surface area contributed by atoms with Crippen LogP contribution < -0.4 is 0 Å². The Morgan fingerprint density at radius 1 is 1.47 bits per heavy atom. The number of carbonyl (C=O) groups is 1. The second-order valence-electron chi connectivity index (χ2n) is 4.09. The molecule has 17 heavy (non-hydrogen) atoms. The number of fused-ring (bicyclic) bond motifs is 1. The van der Waals surface area contributed by atoms with Crippen molar-refractivity contribution in [3.05, 3.63) is 35.2 Å². The van der Waals surface area contributed by atoms with E-state index in [-0.39, 0.29) is 18.6 Å². The van der Waals surface area contributed by atoms with Crippen LogP contribution >= 0.6 is 11.3 Å². The predicted molar refractivity (Wildman–Crippen MR) is 70.5 cm³/mol. The molecule has 1 aromatic carbocycles. The first-order chi connectivity index (χ1) is 8.15. The van der Waals surface area contributed by atoms with Crippen molar-refractivity contribution in [2.45, 2.75) is 13.0 Å². The zero-order valence-corrected chi connectivity index (χ0v) is 10.7. The lowest BCUT2D eigenvalue weighted by Crippen LogP contribution is -2.37. The minimum Gasteiger partial charge on any atom is -0.394 e. The van der Waals surface area contributed by atoms with Crippen molar-refractivity contribution in [3.63, 3.8) is 0 Å². The topological polar surface area (TPSA) is 40.5 Å². The number of carbonyl (C=O) groups excluding carboxylic acids is 1. The summed E-state index contributed by atoms with van der Waals surface area (Å²) in [5.74, 6) is -0.0380. The van der Waals surface area contributed by atoms with Gasteiger partial charge < -0.3 is 10.0 Å². The lowest BCUT2D eigenvalue weighted by Gasteiger charge is -2.22. The molecule has 3 nitrogen and oxygen atoms in total. The standard InChI is InChI=1S/C13H15NO2S/c1-9(7-15)14(2)13(16)11-8-17-12-6-4-3-5-10(11)12/h3-6,8-9,15H,7H2,1-2H3. The SMILES string of the molecule is CC(CO)N(C)C(=O)c1csc2ccccc12. The molecule has 1 N–H and O–H groups in total. The van der Waals surface area contributed by atoms with Gasteiger partial charge in [0.2, 0.25) is 0 Å². The van der Waals surface area contributed by atoms with Crippen molar-refractivity contribution < 1.29 is 9.90 Å². The number of likely N-dealkylation sites (N-methyl/N-ethyl adjacent to an activating group) is 1. The van der Waals surface area contributed by atoms with Gasteiger partial charge in [0.15, 0.2) is 0 Å². The molecule has 2 aromatic rings. The van der Waals surface area contributed by atoms with Crippen LogP contribution in [0.4, 0.5) is 0 Å². The molecule has 0 radical (unpaired) electrons. The van der Waals surface area contributed by atoms with Gasteiger partial charge >= 0.3 is 0 Å². The summed E-state index contributed by atoms with van der Waals surface area (Å²) >= 11 is 1.57. The number of thiophene rings is 1. The average molecular weight is 249 g/mol. The Labute approximate surface area is 104 Å². The highest BCUT2D eigenvalue weighted by Crippen LogP contribution is 2.26. The molecule has 4 heteroatoms. The van der Waals surface area contributed by atoms with Crippen molar-refractivity contribution in [2.24, 2.45) is 0 Å². The Balaban J connectivity index is 2.37. The Bertz CT molecular complexity index is 535. The van der Waals surface area contributed by atoms with Gasteiger partial charge in [-0.25, -0.2) is 0 Å². The molecule has 0 saturated heterocycles. The van der Waals surface area contributed by atoms with Crippen molar-refractivity contribution in [1.82, 2.24) is 4.90 Å². The van der Waals surface area contributed by atoms with Gasteiger partial charge in [0, 0.05) is 22.5 Å². The molecule has 1 unspecified atom stereocenters. The molecule has 0 aliphatic carbocycles. The fourth-order valence-electron chi connectivity index (χ4n) is 1.66. The molecular formula is C13H15NO2S. The molecule has 0 bridgehead atoms. The lowest BCUT2D eigenvalue weighted by molar-refractivity contribution is 0.0684. The highest BCUT2D eigenvalue weighted by atomic mass is 32.1. The van der Waals surface area contributed by atoms with Gasteiger partial charge in [-0.05, 0) is 13.0 Å². The second-order valence-corrected chi connectivity index (χ2v) is 5.00. The first-order valence-electron chi connectivity index (χ1n) is 5.49. The quantitative estimate of drug-likeness (QED) is 0.907. The summed E-state index contributed by atoms with van der Waals surface area (Å²) in [5, 5.41) is 11.9. The van der Waals surface area contributed by atoms with Crippen LogP contribution in [0.2, 0.25) is 0 Å². The molecule has 1 atom stereocenters. The van der Waals surface area contributed by atoms with Crippen LogP contribution in [-0.2, 0) is 0 Å². The fourth-order valence-corrected chi connectivity index (χ4v) is 2.59. The number of nitrogens with zero attached hydrogens (tertiary/aromatic N) is 1. The highest BCUT2D eigenvalue weighted by Gasteiger charge is 2.19. The zero-order chi connectivity index (χ0) is 12.4. The molecular weight excluding hydrogens is 234 g/mol. The summed E-state index contributed by atoms with van der Waals surface area (Å²) in [6, 6.07) is 7.69. The summed E-state index contributed by atoms with van der Waals surface area (Å²) in [6.07, 6.45) is 0. The van der Waals surface area contributed by atoms with Crippen molar-refractivity contribution >= 4 is 27.3 Å². The van der Waals surface area contributed by atoms with E-state index in [1.807, 2.05) is 36.6 Å². The number of benzene rings is 1. The van der Waals surface area contributed by atoms with Crippen LogP contribution in [0.1, 0.15) is 17.3 Å². The van der Waals surface area contributed by atoms with Gasteiger partial charge in [0.05, 0.1) is 18.2 Å². The van der Waals surface area contributed by atoms with Crippen LogP contribution in [0.3, 0.4) is 0 Å². The maximum atomic E-state index is 12.2. The van der Waals surface area contributed by atoms with Gasteiger partial charge in [0.1, 0.15) is 0 Å². The first-order valence-corrected chi connectivity index (χ1v) is 6.37. The second kappa shape index (κ2) is 4.85. The summed E-state index contributed by atoms with van der Waals surface area (Å²) in [7, 11) is 1.72. The van der Waals surface area contributed by atoms with Gasteiger partial charge in [-0.2, -0.15) is 0 Å². The minimum atomic E-state index is -0.166. The van der Waals surface area contributed by atoms with E-state index in [1.54, 1.807) is 23.3 Å². The largest absolute Gasteiger partial charge is 0.394 e. The van der Waals surface area contributed by atoms with Crippen molar-refractivity contribution in [1.29, 1.82) is 0 Å². The van der Waals surface area contributed by atoms with E-state index >= 15 is 0 Å². The van der Waals surface area contributed by atoms with E-state index in [0.717, 1.165) is 10.1 Å². The van der Waals surface area contributed by atoms with E-state index in [4.69, 9.17) is 5.11 Å². The number of rotatable bonds is 3. The third-order valence-electron chi connectivity index (χ3n) is 2.96. The highest BCUT2D eigenvalue weighted by molar-refractivity contribution is 7.17. The molecule has 2 rings (SSSR count). The molecule has 0 saturated carbocycles. The van der Waals surface area contributed by atoms with Crippen LogP contribution in [0, 0.1) is 0 Å². The lowest BCUT2D eigenvalue weighted by atomic mass is 10.1. The van der Waals surface area contributed by atoms with E-state index in [9.17, 15) is 4.79 Å². The van der Waals surface area contributed by atoms with Crippen LogP contribution in [-0.4, -0.2) is 35.6 Å². The summed E-state index contributed by atoms with van der Waals surface area (Å²) in [4.78, 5) is 13.8. The summed E-state index contributed by atoms with van der Waals surface area (Å²) in [5.41, 5.74) is 0.716. The van der Waals surface area contributed by atoms with Crippen LogP contribution in [0.15, 0.2) is 29.6 Å². The molecule has 0 fully saturated rings. The minimum absolute atomic E-state index is 0.0235. The van der Waals surface area contributed by atoms with Gasteiger partial charge in [-0.1, -0.05) is 18.2 Å². The van der Waals surface area contributed by atoms with Gasteiger partial charge in [-0.15, -0.1) is 11.3 Å². The van der Waals surface area contributed by atoms with Gasteiger partial charge in [0.25, 0.3) is 5.91 Å². The summed E-state index contributed by atoms with van der Waals surface area (Å²) in [6.45, 7) is 1.80. The Hall–Kier alpha value is -1.39. The Kier molecular flexibility index (Phi) is 3.45. The summed E-state index contributed by atoms with van der Waals surface area (Å²) < 4.78 is 1.11. The van der Waals surface area contributed by atoms with E-state index in [0.29, 0.717) is 5.56 Å². The molecule has 0 aliphatic heterocycles. The molecule has 1 heterocycles. The number of aliphatic hydroxyl groups is 1. The maximum Gasteiger partial charge on any atom is 0.255 e. The number of hydrogen-bond donors (Lipinski definition) is 1. The Morgan fingerprint density at radius 2 is 2.18 bits per heavy atom. The fraction of sp³-hybridized carbons (Fsp3) is 0.308. The monoisotopic (exact) mass is 249 g/mol. The predicted octanol–water partition coefficient (Wildman–Crippen LogP) is 2.35. The maximum absolute atomic E-state index is 12.2.